The van der Waals surface area contributed by atoms with Crippen molar-refractivity contribution in [3.8, 4) is 0 Å². The predicted molar refractivity (Wildman–Crippen MR) is 75.7 cm³/mol. The van der Waals surface area contributed by atoms with Crippen LogP contribution in [0.25, 0.3) is 0 Å². The van der Waals surface area contributed by atoms with Gasteiger partial charge in [0.1, 0.15) is 0 Å². The van der Waals surface area contributed by atoms with Gasteiger partial charge in [0.2, 0.25) is 20.9 Å². The fourth-order valence-electron chi connectivity index (χ4n) is 2.03. The summed E-state index contributed by atoms with van der Waals surface area (Å²) < 4.78 is 22.5. The summed E-state index contributed by atoms with van der Waals surface area (Å²) >= 11 is 0. The molecule has 2 N–H and O–H groups in total. The molecule has 0 spiro atoms. The fourth-order valence-corrected chi connectivity index (χ4v) is 2.52. The Balaban J connectivity index is 2.75. The molecule has 1 heterocycles. The van der Waals surface area contributed by atoms with E-state index in [1.165, 1.54) is 12.4 Å². The first-order valence-corrected chi connectivity index (χ1v) is 8.51. The Labute approximate surface area is 119 Å². The van der Waals surface area contributed by atoms with E-state index in [0.717, 1.165) is 31.1 Å². The second-order valence-electron chi connectivity index (χ2n) is 5.03. The van der Waals surface area contributed by atoms with Crippen LogP contribution in [0.15, 0.2) is 17.6 Å². The van der Waals surface area contributed by atoms with Crippen molar-refractivity contribution in [2.45, 2.75) is 44.2 Å². The van der Waals surface area contributed by atoms with Gasteiger partial charge < -0.3 is 5.73 Å². The van der Waals surface area contributed by atoms with Crippen LogP contribution in [0.4, 0.5) is 0 Å². The summed E-state index contributed by atoms with van der Waals surface area (Å²) in [6.07, 6.45) is 8.03. The topological polar surface area (TPSA) is 103 Å². The molecule has 0 aliphatic rings. The number of unbranched alkanes of at least 4 members (excludes halogenated alkanes) is 1. The maximum absolute atomic E-state index is 11.3. The number of carbonyl (C=O) groups excluding carboxylic acids is 1. The van der Waals surface area contributed by atoms with Crippen LogP contribution in [0.1, 0.15) is 38.2 Å². The zero-order valence-electron chi connectivity index (χ0n) is 11.9. The van der Waals surface area contributed by atoms with E-state index in [0.29, 0.717) is 12.8 Å². The molecule has 112 valence electrons. The van der Waals surface area contributed by atoms with Gasteiger partial charge in [0, 0.05) is 25.1 Å². The highest BCUT2D eigenvalue weighted by molar-refractivity contribution is 7.90. The van der Waals surface area contributed by atoms with E-state index in [1.54, 1.807) is 0 Å². The van der Waals surface area contributed by atoms with Crippen molar-refractivity contribution in [2.75, 3.05) is 6.26 Å². The summed E-state index contributed by atoms with van der Waals surface area (Å²) in [5.41, 5.74) is 6.07. The van der Waals surface area contributed by atoms with E-state index in [-0.39, 0.29) is 17.0 Å². The van der Waals surface area contributed by atoms with Crippen LogP contribution >= 0.6 is 0 Å². The van der Waals surface area contributed by atoms with E-state index < -0.39 is 9.84 Å². The van der Waals surface area contributed by atoms with Crippen LogP contribution in [0, 0.1) is 5.92 Å². The molecule has 0 aliphatic heterocycles. The minimum Gasteiger partial charge on any atom is -0.370 e. The highest BCUT2D eigenvalue weighted by Crippen LogP contribution is 2.18. The van der Waals surface area contributed by atoms with Crippen molar-refractivity contribution in [3.05, 3.63) is 18.0 Å². The van der Waals surface area contributed by atoms with Gasteiger partial charge in [-0.15, -0.1) is 0 Å². The van der Waals surface area contributed by atoms with E-state index in [2.05, 4.69) is 16.9 Å². The number of aromatic nitrogens is 2. The van der Waals surface area contributed by atoms with Crippen LogP contribution < -0.4 is 5.73 Å². The minimum absolute atomic E-state index is 0.153. The number of primary amides is 1. The van der Waals surface area contributed by atoms with Crippen molar-refractivity contribution in [3.63, 3.8) is 0 Å². The normalized spacial score (nSPS) is 13.1. The average Bonchev–Trinajstić information content (AvgIpc) is 2.35. The molecule has 0 fully saturated rings. The molecule has 0 aromatic carbocycles. The molecule has 1 unspecified atom stereocenters. The maximum Gasteiger partial charge on any atom is 0.246 e. The van der Waals surface area contributed by atoms with Gasteiger partial charge in [-0.3, -0.25) is 4.79 Å². The molecular weight excluding hydrogens is 278 g/mol. The summed E-state index contributed by atoms with van der Waals surface area (Å²) in [7, 11) is -3.38. The van der Waals surface area contributed by atoms with Crippen LogP contribution in [-0.4, -0.2) is 30.5 Å². The number of sulfone groups is 1. The van der Waals surface area contributed by atoms with Crippen molar-refractivity contribution in [1.82, 2.24) is 9.97 Å². The molecule has 1 atom stereocenters. The number of rotatable bonds is 8. The number of nitrogens with zero attached hydrogens (tertiary/aromatic N) is 2. The lowest BCUT2D eigenvalue weighted by Crippen LogP contribution is -2.18. The lowest BCUT2D eigenvalue weighted by atomic mass is 9.92. The Morgan fingerprint density at radius 3 is 2.40 bits per heavy atom. The van der Waals surface area contributed by atoms with Gasteiger partial charge in [0.05, 0.1) is 0 Å². The highest BCUT2D eigenvalue weighted by atomic mass is 32.2. The first kappa shape index (κ1) is 16.6. The average molecular weight is 299 g/mol. The lowest BCUT2D eigenvalue weighted by molar-refractivity contribution is -0.118. The summed E-state index contributed by atoms with van der Waals surface area (Å²) in [4.78, 5) is 18.8. The van der Waals surface area contributed by atoms with Crippen LogP contribution in [0.5, 0.6) is 0 Å². The molecule has 0 bridgehead atoms. The van der Waals surface area contributed by atoms with Gasteiger partial charge in [-0.25, -0.2) is 18.4 Å². The van der Waals surface area contributed by atoms with Gasteiger partial charge in [0.15, 0.2) is 0 Å². The third-order valence-corrected chi connectivity index (χ3v) is 3.87. The molecule has 0 radical (unpaired) electrons. The molecular formula is C13H21N3O3S. The van der Waals surface area contributed by atoms with E-state index in [4.69, 9.17) is 5.73 Å². The highest BCUT2D eigenvalue weighted by Gasteiger charge is 2.15. The standard InChI is InChI=1S/C13H21N3O3S/c1-3-4-5-10(7-12(14)17)6-11-8-15-13(16-9-11)20(2,18)19/h8-10H,3-7H2,1-2H3,(H2,14,17). The van der Waals surface area contributed by atoms with Crippen molar-refractivity contribution < 1.29 is 13.2 Å². The Kier molecular flexibility index (Phi) is 6.06. The molecule has 1 aromatic heterocycles. The molecule has 0 aliphatic carbocycles. The second-order valence-corrected chi connectivity index (χ2v) is 6.94. The summed E-state index contributed by atoms with van der Waals surface area (Å²) in [6.45, 7) is 2.09. The molecule has 20 heavy (non-hydrogen) atoms. The molecule has 0 saturated carbocycles. The van der Waals surface area contributed by atoms with Crippen LogP contribution in [-0.2, 0) is 21.1 Å². The first-order chi connectivity index (χ1) is 9.32. The lowest BCUT2D eigenvalue weighted by Gasteiger charge is -2.14. The molecule has 1 rings (SSSR count). The molecule has 6 nitrogen and oxygen atoms in total. The van der Waals surface area contributed by atoms with E-state index in [9.17, 15) is 13.2 Å². The largest absolute Gasteiger partial charge is 0.370 e. The first-order valence-electron chi connectivity index (χ1n) is 6.62. The van der Waals surface area contributed by atoms with Gasteiger partial charge >= 0.3 is 0 Å². The van der Waals surface area contributed by atoms with Crippen LogP contribution in [0.3, 0.4) is 0 Å². The number of nitrogens with two attached hydrogens (primary N) is 1. The zero-order valence-corrected chi connectivity index (χ0v) is 12.7. The summed E-state index contributed by atoms with van der Waals surface area (Å²) in [6, 6.07) is 0. The summed E-state index contributed by atoms with van der Waals surface area (Å²) in [5, 5.41) is -0.179. The second kappa shape index (κ2) is 7.33. The summed E-state index contributed by atoms with van der Waals surface area (Å²) in [5.74, 6) is -0.167. The number of hydrogen-bond acceptors (Lipinski definition) is 5. The van der Waals surface area contributed by atoms with Gasteiger partial charge in [-0.1, -0.05) is 19.8 Å². The quantitative estimate of drug-likeness (QED) is 0.724. The number of hydrogen-bond donors (Lipinski definition) is 1. The number of amides is 1. The van der Waals surface area contributed by atoms with Crippen molar-refractivity contribution >= 4 is 15.7 Å². The number of carbonyl (C=O) groups is 1. The van der Waals surface area contributed by atoms with E-state index >= 15 is 0 Å². The zero-order chi connectivity index (χ0) is 15.2. The Bertz CT molecular complexity index is 540. The Morgan fingerprint density at radius 1 is 1.35 bits per heavy atom. The molecule has 1 amide bonds. The minimum atomic E-state index is -3.38. The predicted octanol–water partition coefficient (Wildman–Crippen LogP) is 1.10. The smallest absolute Gasteiger partial charge is 0.246 e. The molecule has 0 saturated heterocycles. The third kappa shape index (κ3) is 5.64. The fraction of sp³-hybridized carbons (Fsp3) is 0.615. The molecule has 7 heteroatoms. The maximum atomic E-state index is 11.3. The molecule has 1 aromatic rings. The Hall–Kier alpha value is -1.50. The Morgan fingerprint density at radius 2 is 1.95 bits per heavy atom. The van der Waals surface area contributed by atoms with Gasteiger partial charge in [0.25, 0.3) is 0 Å². The van der Waals surface area contributed by atoms with Gasteiger partial charge in [-0.2, -0.15) is 0 Å². The van der Waals surface area contributed by atoms with Gasteiger partial charge in [-0.05, 0) is 24.3 Å². The SMILES string of the molecule is CCCCC(CC(N)=O)Cc1cnc(S(C)(=O)=O)nc1. The van der Waals surface area contributed by atoms with Crippen molar-refractivity contribution in [1.29, 1.82) is 0 Å². The van der Waals surface area contributed by atoms with E-state index in [1.807, 2.05) is 0 Å². The monoisotopic (exact) mass is 299 g/mol. The third-order valence-electron chi connectivity index (χ3n) is 2.99. The van der Waals surface area contributed by atoms with Crippen LogP contribution in [0.2, 0.25) is 0 Å². The van der Waals surface area contributed by atoms with Crippen molar-refractivity contribution in [2.24, 2.45) is 11.7 Å².